The highest BCUT2D eigenvalue weighted by atomic mass is 16.5. The maximum absolute atomic E-state index is 12.2. The van der Waals surface area contributed by atoms with E-state index in [1.807, 2.05) is 20.8 Å². The Morgan fingerprint density at radius 1 is 1.59 bits per heavy atom. The molecule has 0 fully saturated rings. The number of ether oxygens (including phenoxy) is 1. The summed E-state index contributed by atoms with van der Waals surface area (Å²) in [6.07, 6.45) is 3.11. The Bertz CT molecular complexity index is 385. The van der Waals surface area contributed by atoms with Gasteiger partial charge in [0.05, 0.1) is 19.3 Å². The minimum Gasteiger partial charge on any atom is -0.493 e. The normalized spacial score (nSPS) is 12.8. The monoisotopic (exact) mass is 239 g/mol. The van der Waals surface area contributed by atoms with Gasteiger partial charge in [-0.25, -0.2) is 0 Å². The minimum atomic E-state index is -0.483. The van der Waals surface area contributed by atoms with Crippen LogP contribution in [0.4, 0.5) is 0 Å². The van der Waals surface area contributed by atoms with Crippen LogP contribution in [-0.2, 0) is 0 Å². The number of carbonyl (C=O) groups is 1. The molecule has 0 aliphatic carbocycles. The van der Waals surface area contributed by atoms with Crippen LogP contribution in [0, 0.1) is 0 Å². The average molecular weight is 239 g/mol. The van der Waals surface area contributed by atoms with Gasteiger partial charge in [-0.3, -0.25) is 9.48 Å². The molecule has 0 amide bonds. The minimum absolute atomic E-state index is 0.102. The number of nitrogens with two attached hydrogens (primary N) is 1. The van der Waals surface area contributed by atoms with Crippen molar-refractivity contribution in [2.24, 2.45) is 5.73 Å². The Balaban J connectivity index is 3.09. The number of hydrogen-bond donors (Lipinski definition) is 1. The lowest BCUT2D eigenvalue weighted by atomic mass is 10.1. The Labute approximate surface area is 102 Å². The molecule has 0 aliphatic rings. The average Bonchev–Trinajstić information content (AvgIpc) is 2.71. The predicted octanol–water partition coefficient (Wildman–Crippen LogP) is 1.78. The first-order valence-corrected chi connectivity index (χ1v) is 5.94. The van der Waals surface area contributed by atoms with Gasteiger partial charge in [-0.2, -0.15) is 5.10 Å². The Morgan fingerprint density at radius 2 is 2.24 bits per heavy atom. The summed E-state index contributed by atoms with van der Waals surface area (Å²) in [4.78, 5) is 12.2. The highest BCUT2D eigenvalue weighted by molar-refractivity contribution is 6.00. The van der Waals surface area contributed by atoms with Crippen molar-refractivity contribution in [3.05, 3.63) is 11.9 Å². The second-order valence-corrected chi connectivity index (χ2v) is 4.36. The van der Waals surface area contributed by atoms with E-state index in [4.69, 9.17) is 10.5 Å². The van der Waals surface area contributed by atoms with Gasteiger partial charge in [-0.05, 0) is 20.3 Å². The van der Waals surface area contributed by atoms with E-state index in [1.54, 1.807) is 10.9 Å². The van der Waals surface area contributed by atoms with Crippen LogP contribution in [0.15, 0.2) is 6.20 Å². The van der Waals surface area contributed by atoms with Crippen molar-refractivity contribution in [1.29, 1.82) is 0 Å². The number of aromatic nitrogens is 2. The number of Topliss-reactive ketones (excluding diaryl/α,β-unsaturated/α-hetero) is 1. The van der Waals surface area contributed by atoms with Crippen LogP contribution in [0.5, 0.6) is 5.75 Å². The molecule has 1 atom stereocenters. The third kappa shape index (κ3) is 2.85. The molecule has 17 heavy (non-hydrogen) atoms. The van der Waals surface area contributed by atoms with Crippen LogP contribution < -0.4 is 10.5 Å². The summed E-state index contributed by atoms with van der Waals surface area (Å²) in [6.45, 7) is 5.94. The quantitative estimate of drug-likeness (QED) is 0.768. The van der Waals surface area contributed by atoms with Gasteiger partial charge in [0.2, 0.25) is 5.78 Å². The molecule has 0 saturated carbocycles. The fraction of sp³-hybridized carbons (Fsp3) is 0.667. The van der Waals surface area contributed by atoms with Crippen LogP contribution in [-0.4, -0.2) is 28.7 Å². The highest BCUT2D eigenvalue weighted by Gasteiger charge is 2.25. The fourth-order valence-corrected chi connectivity index (χ4v) is 1.74. The summed E-state index contributed by atoms with van der Waals surface area (Å²) < 4.78 is 6.83. The van der Waals surface area contributed by atoms with Gasteiger partial charge in [0.1, 0.15) is 5.69 Å². The van der Waals surface area contributed by atoms with Gasteiger partial charge >= 0.3 is 0 Å². The molecule has 5 heteroatoms. The van der Waals surface area contributed by atoms with Crippen molar-refractivity contribution in [2.75, 3.05) is 7.11 Å². The molecule has 1 aromatic rings. The van der Waals surface area contributed by atoms with Gasteiger partial charge < -0.3 is 10.5 Å². The van der Waals surface area contributed by atoms with E-state index in [9.17, 15) is 4.79 Å². The summed E-state index contributed by atoms with van der Waals surface area (Å²) in [5, 5.41) is 4.17. The molecule has 2 N–H and O–H groups in total. The Kier molecular flexibility index (Phi) is 4.69. The second-order valence-electron chi connectivity index (χ2n) is 4.36. The molecule has 1 unspecified atom stereocenters. The fourth-order valence-electron chi connectivity index (χ4n) is 1.74. The van der Waals surface area contributed by atoms with E-state index in [0.717, 1.165) is 6.42 Å². The summed E-state index contributed by atoms with van der Waals surface area (Å²) in [5.74, 6) is 0.394. The number of carbonyl (C=O) groups excluding carboxylic acids is 1. The van der Waals surface area contributed by atoms with E-state index in [1.165, 1.54) is 7.11 Å². The van der Waals surface area contributed by atoms with Crippen molar-refractivity contribution in [2.45, 2.75) is 45.7 Å². The summed E-state index contributed by atoms with van der Waals surface area (Å²) in [6, 6.07) is -0.380. The molecule has 1 heterocycles. The molecule has 96 valence electrons. The van der Waals surface area contributed by atoms with E-state index in [0.29, 0.717) is 17.9 Å². The SMILES string of the molecule is CCCC(N)C(=O)c1c(OC)cnn1C(C)C. The molecule has 0 aliphatic heterocycles. The van der Waals surface area contributed by atoms with Gasteiger partial charge in [0.25, 0.3) is 0 Å². The first-order valence-electron chi connectivity index (χ1n) is 5.94. The molecular formula is C12H21N3O2. The van der Waals surface area contributed by atoms with E-state index >= 15 is 0 Å². The van der Waals surface area contributed by atoms with Crippen LogP contribution >= 0.6 is 0 Å². The molecule has 0 spiro atoms. The maximum atomic E-state index is 12.2. The van der Waals surface area contributed by atoms with Crippen LogP contribution in [0.2, 0.25) is 0 Å². The highest BCUT2D eigenvalue weighted by Crippen LogP contribution is 2.22. The number of methoxy groups -OCH3 is 1. The van der Waals surface area contributed by atoms with Crippen molar-refractivity contribution in [3.63, 3.8) is 0 Å². The van der Waals surface area contributed by atoms with Gasteiger partial charge in [-0.1, -0.05) is 13.3 Å². The second kappa shape index (κ2) is 5.82. The zero-order valence-electron chi connectivity index (χ0n) is 10.9. The summed E-state index contributed by atoms with van der Waals surface area (Å²) in [5.41, 5.74) is 6.34. The third-order valence-corrected chi connectivity index (χ3v) is 2.64. The van der Waals surface area contributed by atoms with Crippen molar-refractivity contribution in [3.8, 4) is 5.75 Å². The predicted molar refractivity (Wildman–Crippen MR) is 66.4 cm³/mol. The van der Waals surface area contributed by atoms with Gasteiger partial charge in [0, 0.05) is 6.04 Å². The number of nitrogens with zero attached hydrogens (tertiary/aromatic N) is 2. The molecule has 0 bridgehead atoms. The molecule has 0 radical (unpaired) electrons. The van der Waals surface area contributed by atoms with Gasteiger partial charge in [0.15, 0.2) is 5.75 Å². The van der Waals surface area contributed by atoms with Gasteiger partial charge in [-0.15, -0.1) is 0 Å². The Morgan fingerprint density at radius 3 is 2.71 bits per heavy atom. The number of rotatable bonds is 6. The molecule has 0 saturated heterocycles. The molecular weight excluding hydrogens is 218 g/mol. The van der Waals surface area contributed by atoms with Crippen LogP contribution in [0.25, 0.3) is 0 Å². The lowest BCUT2D eigenvalue weighted by Crippen LogP contribution is -2.32. The Hall–Kier alpha value is -1.36. The number of ketones is 1. The van der Waals surface area contributed by atoms with E-state index in [2.05, 4.69) is 5.10 Å². The van der Waals surface area contributed by atoms with E-state index in [-0.39, 0.29) is 11.8 Å². The van der Waals surface area contributed by atoms with Crippen molar-refractivity contribution < 1.29 is 9.53 Å². The van der Waals surface area contributed by atoms with E-state index < -0.39 is 6.04 Å². The lowest BCUT2D eigenvalue weighted by Gasteiger charge is -2.14. The molecule has 1 aromatic heterocycles. The third-order valence-electron chi connectivity index (χ3n) is 2.64. The maximum Gasteiger partial charge on any atom is 0.201 e. The van der Waals surface area contributed by atoms with Crippen LogP contribution in [0.3, 0.4) is 0 Å². The van der Waals surface area contributed by atoms with Crippen molar-refractivity contribution in [1.82, 2.24) is 9.78 Å². The van der Waals surface area contributed by atoms with Crippen molar-refractivity contribution >= 4 is 5.78 Å². The largest absolute Gasteiger partial charge is 0.493 e. The number of hydrogen-bond acceptors (Lipinski definition) is 4. The topological polar surface area (TPSA) is 70.1 Å². The molecule has 1 rings (SSSR count). The zero-order chi connectivity index (χ0) is 13.0. The molecule has 5 nitrogen and oxygen atoms in total. The summed E-state index contributed by atoms with van der Waals surface area (Å²) >= 11 is 0. The standard InChI is InChI=1S/C12H21N3O2/c1-5-6-9(13)12(16)11-10(17-4)7-14-15(11)8(2)3/h7-9H,5-6,13H2,1-4H3. The lowest BCUT2D eigenvalue weighted by molar-refractivity contribution is 0.0941. The first kappa shape index (κ1) is 13.7. The smallest absolute Gasteiger partial charge is 0.201 e. The first-order chi connectivity index (χ1) is 8.02. The summed E-state index contributed by atoms with van der Waals surface area (Å²) in [7, 11) is 1.53. The zero-order valence-corrected chi connectivity index (χ0v) is 10.9. The van der Waals surface area contributed by atoms with Crippen LogP contribution in [0.1, 0.15) is 50.1 Å². The molecule has 0 aromatic carbocycles.